The van der Waals surface area contributed by atoms with Gasteiger partial charge in [-0.3, -0.25) is 15.6 Å². The van der Waals surface area contributed by atoms with Crippen molar-refractivity contribution in [3.8, 4) is 0 Å². The third kappa shape index (κ3) is 4.38. The van der Waals surface area contributed by atoms with Gasteiger partial charge in [0.15, 0.2) is 11.6 Å². The van der Waals surface area contributed by atoms with Crippen LogP contribution in [0.2, 0.25) is 5.02 Å². The first-order valence-corrected chi connectivity index (χ1v) is 9.97. The van der Waals surface area contributed by atoms with Crippen molar-refractivity contribution in [3.05, 3.63) is 71.5 Å². The van der Waals surface area contributed by atoms with Crippen LogP contribution in [0.25, 0.3) is 0 Å². The Morgan fingerprint density at radius 3 is 2.30 bits per heavy atom. The van der Waals surface area contributed by atoms with Gasteiger partial charge in [0, 0.05) is 42.5 Å². The van der Waals surface area contributed by atoms with E-state index in [1.165, 1.54) is 12.0 Å². The van der Waals surface area contributed by atoms with Crippen LogP contribution in [-0.4, -0.2) is 42.1 Å². The first kappa shape index (κ1) is 19.8. The monoisotopic (exact) mass is 423 g/mol. The van der Waals surface area contributed by atoms with Crippen molar-refractivity contribution < 1.29 is 4.79 Å². The van der Waals surface area contributed by atoms with Gasteiger partial charge in [0.1, 0.15) is 12.0 Å². The number of nitrogens with one attached hydrogen (secondary N) is 2. The molecule has 1 amide bonds. The van der Waals surface area contributed by atoms with Crippen molar-refractivity contribution in [2.75, 3.05) is 47.1 Å². The number of hydrazine groups is 1. The standard InChI is InChI=1S/C21H22ClN7O/c22-16-8-6-15(7-9-16)21(30)27-26-19-18(23)20(25-14-24-19)29-12-10-28(11-13-29)17-4-2-1-3-5-17/h1-9,14H,10-13,23H2,(H,27,30)(H,24,25,26). The minimum Gasteiger partial charge on any atom is -0.393 e. The number of nitrogens with zero attached hydrogens (tertiary/aromatic N) is 4. The molecular formula is C21H22ClN7O. The fourth-order valence-electron chi connectivity index (χ4n) is 3.34. The van der Waals surface area contributed by atoms with Crippen LogP contribution in [0.4, 0.5) is 23.0 Å². The van der Waals surface area contributed by atoms with E-state index in [9.17, 15) is 4.79 Å². The Morgan fingerprint density at radius 2 is 1.60 bits per heavy atom. The Bertz CT molecular complexity index is 1010. The Hall–Kier alpha value is -3.52. The summed E-state index contributed by atoms with van der Waals surface area (Å²) in [5.41, 5.74) is 13.8. The van der Waals surface area contributed by atoms with Crippen molar-refractivity contribution in [3.63, 3.8) is 0 Å². The zero-order valence-corrected chi connectivity index (χ0v) is 17.0. The lowest BCUT2D eigenvalue weighted by molar-refractivity contribution is 0.0962. The Kier molecular flexibility index (Phi) is 5.85. The van der Waals surface area contributed by atoms with E-state index in [4.69, 9.17) is 17.3 Å². The van der Waals surface area contributed by atoms with Gasteiger partial charge in [0.2, 0.25) is 0 Å². The second-order valence-electron chi connectivity index (χ2n) is 6.86. The number of para-hydroxylation sites is 1. The number of rotatable bonds is 5. The van der Waals surface area contributed by atoms with E-state index < -0.39 is 0 Å². The molecule has 1 fully saturated rings. The number of aromatic nitrogens is 2. The van der Waals surface area contributed by atoms with Crippen molar-refractivity contribution in [2.24, 2.45) is 0 Å². The molecule has 0 saturated carbocycles. The van der Waals surface area contributed by atoms with E-state index in [0.717, 1.165) is 26.2 Å². The van der Waals surface area contributed by atoms with Gasteiger partial charge in [-0.25, -0.2) is 9.97 Å². The minimum atomic E-state index is -0.317. The first-order chi connectivity index (χ1) is 14.6. The quantitative estimate of drug-likeness (QED) is 0.542. The molecule has 8 nitrogen and oxygen atoms in total. The topological polar surface area (TPSA) is 99.4 Å². The largest absolute Gasteiger partial charge is 0.393 e. The maximum Gasteiger partial charge on any atom is 0.269 e. The molecule has 1 saturated heterocycles. The van der Waals surface area contributed by atoms with Crippen LogP contribution < -0.4 is 26.4 Å². The molecule has 0 aliphatic carbocycles. The number of halogens is 1. The van der Waals surface area contributed by atoms with E-state index in [1.807, 2.05) is 18.2 Å². The van der Waals surface area contributed by atoms with Gasteiger partial charge < -0.3 is 15.5 Å². The number of piperazine rings is 1. The normalized spacial score (nSPS) is 13.8. The summed E-state index contributed by atoms with van der Waals surface area (Å²) < 4.78 is 0. The lowest BCUT2D eigenvalue weighted by Crippen LogP contribution is -2.47. The summed E-state index contributed by atoms with van der Waals surface area (Å²) in [6.07, 6.45) is 1.44. The molecule has 9 heteroatoms. The SMILES string of the molecule is Nc1c(NNC(=O)c2ccc(Cl)cc2)ncnc1N1CCN(c2ccccc2)CC1. The van der Waals surface area contributed by atoms with Crippen molar-refractivity contribution >= 4 is 40.5 Å². The van der Waals surface area contributed by atoms with Gasteiger partial charge in [-0.15, -0.1) is 0 Å². The maximum absolute atomic E-state index is 12.3. The molecule has 3 aromatic rings. The molecule has 0 unspecified atom stereocenters. The Morgan fingerprint density at radius 1 is 0.933 bits per heavy atom. The number of hydrogen-bond donors (Lipinski definition) is 3. The molecule has 1 aliphatic heterocycles. The predicted molar refractivity (Wildman–Crippen MR) is 120 cm³/mol. The number of carbonyl (C=O) groups is 1. The number of benzene rings is 2. The fourth-order valence-corrected chi connectivity index (χ4v) is 3.47. The highest BCUT2D eigenvalue weighted by atomic mass is 35.5. The Labute approximate surface area is 179 Å². The maximum atomic E-state index is 12.3. The Balaban J connectivity index is 1.39. The number of carbonyl (C=O) groups excluding carboxylic acids is 1. The van der Waals surface area contributed by atoms with Crippen LogP contribution in [0, 0.1) is 0 Å². The van der Waals surface area contributed by atoms with Crippen LogP contribution in [-0.2, 0) is 0 Å². The van der Waals surface area contributed by atoms with Crippen LogP contribution in [0.15, 0.2) is 60.9 Å². The minimum absolute atomic E-state index is 0.317. The first-order valence-electron chi connectivity index (χ1n) is 9.59. The third-order valence-electron chi connectivity index (χ3n) is 4.96. The summed E-state index contributed by atoms with van der Waals surface area (Å²) in [6, 6.07) is 16.9. The summed E-state index contributed by atoms with van der Waals surface area (Å²) in [4.78, 5) is 25.3. The number of nitrogens with two attached hydrogens (primary N) is 1. The molecule has 154 valence electrons. The van der Waals surface area contributed by atoms with Crippen LogP contribution in [0.5, 0.6) is 0 Å². The second-order valence-corrected chi connectivity index (χ2v) is 7.29. The van der Waals surface area contributed by atoms with Crippen LogP contribution in [0.3, 0.4) is 0 Å². The highest BCUT2D eigenvalue weighted by molar-refractivity contribution is 6.30. The second kappa shape index (κ2) is 8.87. The lowest BCUT2D eigenvalue weighted by Gasteiger charge is -2.37. The van der Waals surface area contributed by atoms with Gasteiger partial charge in [0.25, 0.3) is 5.91 Å². The predicted octanol–water partition coefficient (Wildman–Crippen LogP) is 2.80. The molecule has 2 aromatic carbocycles. The molecule has 0 radical (unpaired) electrons. The van der Waals surface area contributed by atoms with Crippen molar-refractivity contribution in [1.29, 1.82) is 0 Å². The van der Waals surface area contributed by atoms with Gasteiger partial charge in [-0.2, -0.15) is 0 Å². The zero-order chi connectivity index (χ0) is 20.9. The molecule has 1 aliphatic rings. The number of nitrogen functional groups attached to an aromatic ring is 1. The highest BCUT2D eigenvalue weighted by Crippen LogP contribution is 2.27. The van der Waals surface area contributed by atoms with E-state index in [1.54, 1.807) is 24.3 Å². The summed E-state index contributed by atoms with van der Waals surface area (Å²) in [5.74, 6) is 0.691. The summed E-state index contributed by atoms with van der Waals surface area (Å²) in [5, 5.41) is 0.566. The molecule has 0 bridgehead atoms. The van der Waals surface area contributed by atoms with E-state index in [0.29, 0.717) is 27.9 Å². The molecule has 4 N–H and O–H groups in total. The molecule has 0 spiro atoms. The lowest BCUT2D eigenvalue weighted by atomic mass is 10.2. The number of anilines is 4. The average Bonchev–Trinajstić information content (AvgIpc) is 2.79. The van der Waals surface area contributed by atoms with E-state index in [-0.39, 0.29) is 5.91 Å². The molecule has 2 heterocycles. The number of hydrogen-bond acceptors (Lipinski definition) is 7. The van der Waals surface area contributed by atoms with Gasteiger partial charge in [-0.05, 0) is 36.4 Å². The average molecular weight is 424 g/mol. The van der Waals surface area contributed by atoms with Gasteiger partial charge in [-0.1, -0.05) is 29.8 Å². The smallest absolute Gasteiger partial charge is 0.269 e. The van der Waals surface area contributed by atoms with Gasteiger partial charge >= 0.3 is 0 Å². The van der Waals surface area contributed by atoms with Gasteiger partial charge in [0.05, 0.1) is 0 Å². The molecule has 4 rings (SSSR count). The summed E-state index contributed by atoms with van der Waals surface area (Å²) in [6.45, 7) is 3.30. The number of amides is 1. The molecule has 1 aromatic heterocycles. The summed E-state index contributed by atoms with van der Waals surface area (Å²) >= 11 is 5.86. The highest BCUT2D eigenvalue weighted by Gasteiger charge is 2.21. The van der Waals surface area contributed by atoms with E-state index in [2.05, 4.69) is 42.8 Å². The molecule has 0 atom stereocenters. The summed E-state index contributed by atoms with van der Waals surface area (Å²) in [7, 11) is 0. The molecular weight excluding hydrogens is 402 g/mol. The van der Waals surface area contributed by atoms with Crippen molar-refractivity contribution in [2.45, 2.75) is 0 Å². The van der Waals surface area contributed by atoms with Crippen LogP contribution >= 0.6 is 11.6 Å². The zero-order valence-electron chi connectivity index (χ0n) is 16.3. The molecule has 30 heavy (non-hydrogen) atoms. The van der Waals surface area contributed by atoms with Crippen molar-refractivity contribution in [1.82, 2.24) is 15.4 Å². The fraction of sp³-hybridized carbons (Fsp3) is 0.190. The third-order valence-corrected chi connectivity index (χ3v) is 5.22. The van der Waals surface area contributed by atoms with Crippen LogP contribution in [0.1, 0.15) is 10.4 Å². The van der Waals surface area contributed by atoms with E-state index >= 15 is 0 Å².